The fourth-order valence-electron chi connectivity index (χ4n) is 2.85. The molecule has 0 aliphatic carbocycles. The molecule has 3 rings (SSSR count). The quantitative estimate of drug-likeness (QED) is 0.532. The average molecular weight is 449 g/mol. The van der Waals surface area contributed by atoms with E-state index < -0.39 is 12.1 Å². The maximum atomic E-state index is 13.6. The molecule has 0 fully saturated rings. The van der Waals surface area contributed by atoms with E-state index in [9.17, 15) is 13.2 Å². The van der Waals surface area contributed by atoms with Crippen LogP contribution in [0.2, 0.25) is 15.1 Å². The van der Waals surface area contributed by atoms with Gasteiger partial charge in [-0.05, 0) is 47.9 Å². The molecule has 0 amide bonds. The Balaban J connectivity index is 1.90. The molecule has 1 aliphatic rings. The molecule has 0 radical (unpaired) electrons. The van der Waals surface area contributed by atoms with Gasteiger partial charge in [0.15, 0.2) is 0 Å². The van der Waals surface area contributed by atoms with Crippen LogP contribution in [0.1, 0.15) is 22.6 Å². The largest absolute Gasteiger partial charge is 0.399 e. The van der Waals surface area contributed by atoms with E-state index in [0.717, 1.165) is 17.3 Å². The minimum absolute atomic E-state index is 0.0215. The number of aryl methyl sites for hydroxylation is 1. The summed E-state index contributed by atoms with van der Waals surface area (Å²) in [6.45, 7) is 2.36. The number of hydrogen-bond donors (Lipinski definition) is 1. The van der Waals surface area contributed by atoms with Crippen molar-refractivity contribution in [1.82, 2.24) is 5.43 Å². The highest BCUT2D eigenvalue weighted by molar-refractivity contribution is 6.48. The summed E-state index contributed by atoms with van der Waals surface area (Å²) in [4.78, 5) is 4.07. The number of halogens is 6. The fraction of sp³-hybridized carbons (Fsp3) is 0.211. The van der Waals surface area contributed by atoms with Gasteiger partial charge in [-0.25, -0.2) is 5.43 Å². The molecular weight excluding hydrogens is 434 g/mol. The van der Waals surface area contributed by atoms with Gasteiger partial charge in [-0.3, -0.25) is 10.0 Å². The number of alkyl halides is 3. The maximum absolute atomic E-state index is 13.6. The van der Waals surface area contributed by atoms with Crippen molar-refractivity contribution >= 4 is 52.9 Å². The van der Waals surface area contributed by atoms with Gasteiger partial charge in [0, 0.05) is 0 Å². The maximum Gasteiger partial charge on any atom is 0.399 e. The predicted octanol–water partition coefficient (Wildman–Crippen LogP) is 6.62. The van der Waals surface area contributed by atoms with E-state index in [1.807, 2.05) is 13.0 Å². The first-order chi connectivity index (χ1) is 13.2. The van der Waals surface area contributed by atoms with Gasteiger partial charge in [0.05, 0.1) is 26.7 Å². The molecule has 2 aromatic rings. The molecule has 1 N–H and O–H groups in total. The summed E-state index contributed by atoms with van der Waals surface area (Å²) >= 11 is 17.6. The van der Waals surface area contributed by atoms with Crippen LogP contribution in [0.4, 0.5) is 18.9 Å². The number of nitrogens with one attached hydrogen (secondary N) is 1. The van der Waals surface area contributed by atoms with E-state index in [1.54, 1.807) is 23.5 Å². The van der Waals surface area contributed by atoms with E-state index >= 15 is 0 Å². The molecule has 9 heteroatoms. The number of benzene rings is 2. The van der Waals surface area contributed by atoms with Crippen LogP contribution in [-0.2, 0) is 0 Å². The van der Waals surface area contributed by atoms with Crippen molar-refractivity contribution in [2.45, 2.75) is 19.0 Å². The highest BCUT2D eigenvalue weighted by atomic mass is 35.5. The lowest BCUT2D eigenvalue weighted by Crippen LogP contribution is -2.31. The molecule has 0 bridgehead atoms. The van der Waals surface area contributed by atoms with E-state index in [2.05, 4.69) is 10.4 Å². The number of allylic oxidation sites excluding steroid dienone is 1. The molecule has 0 saturated carbocycles. The second-order valence-corrected chi connectivity index (χ2v) is 7.40. The van der Waals surface area contributed by atoms with Crippen molar-refractivity contribution in [1.29, 1.82) is 0 Å². The highest BCUT2D eigenvalue weighted by Gasteiger charge is 2.39. The molecule has 0 spiro atoms. The molecule has 0 saturated heterocycles. The van der Waals surface area contributed by atoms with Crippen molar-refractivity contribution in [3.63, 3.8) is 0 Å². The zero-order chi connectivity index (χ0) is 20.5. The lowest BCUT2D eigenvalue weighted by molar-refractivity contribution is -0.139. The minimum Gasteiger partial charge on any atom is -0.264 e. The number of anilines is 1. The van der Waals surface area contributed by atoms with Crippen LogP contribution in [0, 0.1) is 6.92 Å². The Kier molecular flexibility index (Phi) is 6.25. The number of hydrazine groups is 1. The first-order valence-corrected chi connectivity index (χ1v) is 9.33. The number of aliphatic imine (C=N–C) groups is 1. The van der Waals surface area contributed by atoms with Crippen molar-refractivity contribution in [2.24, 2.45) is 4.99 Å². The zero-order valence-corrected chi connectivity index (χ0v) is 16.8. The van der Waals surface area contributed by atoms with Crippen LogP contribution in [0.15, 0.2) is 41.4 Å². The van der Waals surface area contributed by atoms with Gasteiger partial charge in [-0.1, -0.05) is 53.0 Å². The molecule has 1 aliphatic heterocycles. The van der Waals surface area contributed by atoms with Crippen LogP contribution in [-0.4, -0.2) is 19.2 Å². The lowest BCUT2D eigenvalue weighted by Gasteiger charge is -2.19. The van der Waals surface area contributed by atoms with Crippen molar-refractivity contribution in [2.75, 3.05) is 11.7 Å². The Labute approximate surface area is 175 Å². The van der Waals surface area contributed by atoms with Gasteiger partial charge in [0.25, 0.3) is 0 Å². The summed E-state index contributed by atoms with van der Waals surface area (Å²) < 4.78 is 40.9. The van der Waals surface area contributed by atoms with Gasteiger partial charge in [0.1, 0.15) is 13.0 Å². The minimum atomic E-state index is -4.51. The second kappa shape index (κ2) is 8.33. The number of hydrogen-bond acceptors (Lipinski definition) is 3. The Morgan fingerprint density at radius 2 is 1.82 bits per heavy atom. The number of nitrogens with zero attached hydrogens (tertiary/aromatic N) is 2. The Morgan fingerprint density at radius 1 is 1.14 bits per heavy atom. The van der Waals surface area contributed by atoms with Gasteiger partial charge in [-0.15, -0.1) is 0 Å². The summed E-state index contributed by atoms with van der Waals surface area (Å²) in [5, 5.41) is 1.75. The lowest BCUT2D eigenvalue weighted by atomic mass is 9.96. The normalized spacial score (nSPS) is 15.6. The Bertz CT molecular complexity index is 919. The first kappa shape index (κ1) is 21.0. The highest BCUT2D eigenvalue weighted by Crippen LogP contribution is 2.41. The standard InChI is InChI=1S/C19H15Cl3F3N3/c1-11-6-12(3-5-17(11)28-10-26-9-27-28)2-4-14(19(23,24)25)13-7-15(20)18(22)16(21)8-13/h2-8,10,14,27H,9H2,1H3/b4-2+/t14-/m0/s1. The zero-order valence-electron chi connectivity index (χ0n) is 14.6. The molecule has 1 heterocycles. The summed E-state index contributed by atoms with van der Waals surface area (Å²) in [5.41, 5.74) is 5.38. The third kappa shape index (κ3) is 4.63. The van der Waals surface area contributed by atoms with Crippen LogP contribution in [0.25, 0.3) is 6.08 Å². The monoisotopic (exact) mass is 447 g/mol. The summed E-state index contributed by atoms with van der Waals surface area (Å²) in [6, 6.07) is 7.73. The molecule has 28 heavy (non-hydrogen) atoms. The SMILES string of the molecule is Cc1cc(/C=C/[C@@H](c2cc(Cl)c(Cl)c(Cl)c2)C(F)(F)F)ccc1N1C=NCN1. The van der Waals surface area contributed by atoms with E-state index in [-0.39, 0.29) is 20.6 Å². The second-order valence-electron chi connectivity index (χ2n) is 6.21. The summed E-state index contributed by atoms with van der Waals surface area (Å²) in [7, 11) is 0. The predicted molar refractivity (Wildman–Crippen MR) is 109 cm³/mol. The van der Waals surface area contributed by atoms with E-state index in [1.165, 1.54) is 18.2 Å². The average Bonchev–Trinajstić information content (AvgIpc) is 3.13. The Morgan fingerprint density at radius 3 is 2.36 bits per heavy atom. The van der Waals surface area contributed by atoms with Crippen LogP contribution >= 0.6 is 34.8 Å². The summed E-state index contributed by atoms with van der Waals surface area (Å²) in [6.07, 6.45) is -0.343. The van der Waals surface area contributed by atoms with Gasteiger partial charge < -0.3 is 0 Å². The first-order valence-electron chi connectivity index (χ1n) is 8.19. The third-order valence-corrected chi connectivity index (χ3v) is 5.41. The van der Waals surface area contributed by atoms with Crippen LogP contribution < -0.4 is 10.4 Å². The molecule has 3 nitrogen and oxygen atoms in total. The number of rotatable bonds is 4. The topological polar surface area (TPSA) is 27.6 Å². The molecule has 0 aromatic heterocycles. The van der Waals surface area contributed by atoms with Gasteiger partial charge in [0.2, 0.25) is 0 Å². The van der Waals surface area contributed by atoms with Crippen LogP contribution in [0.3, 0.4) is 0 Å². The molecule has 148 valence electrons. The van der Waals surface area contributed by atoms with Gasteiger partial charge >= 0.3 is 6.18 Å². The fourth-order valence-corrected chi connectivity index (χ4v) is 3.46. The third-order valence-electron chi connectivity index (χ3n) is 4.21. The smallest absolute Gasteiger partial charge is 0.264 e. The molecule has 2 aromatic carbocycles. The van der Waals surface area contributed by atoms with E-state index in [0.29, 0.717) is 12.2 Å². The van der Waals surface area contributed by atoms with Crippen molar-refractivity contribution in [3.05, 3.63) is 68.2 Å². The Hall–Kier alpha value is -1.73. The molecular formula is C19H15Cl3F3N3. The van der Waals surface area contributed by atoms with Crippen molar-refractivity contribution in [3.8, 4) is 0 Å². The summed E-state index contributed by atoms with van der Waals surface area (Å²) in [5.74, 6) is -1.87. The molecule has 1 atom stereocenters. The van der Waals surface area contributed by atoms with Crippen molar-refractivity contribution < 1.29 is 13.2 Å². The molecule has 0 unspecified atom stereocenters. The van der Waals surface area contributed by atoms with Crippen LogP contribution in [0.5, 0.6) is 0 Å². The van der Waals surface area contributed by atoms with E-state index in [4.69, 9.17) is 34.8 Å². The van der Waals surface area contributed by atoms with Gasteiger partial charge in [-0.2, -0.15) is 13.2 Å².